The molecule has 1 atom stereocenters. The summed E-state index contributed by atoms with van der Waals surface area (Å²) in [5.74, 6) is 0.524. The third kappa shape index (κ3) is 2.64. The first-order chi connectivity index (χ1) is 11.5. The van der Waals surface area contributed by atoms with Crippen LogP contribution in [0.1, 0.15) is 25.5 Å². The molecule has 2 aromatic carbocycles. The fourth-order valence-corrected chi connectivity index (χ4v) is 2.99. The van der Waals surface area contributed by atoms with Gasteiger partial charge in [-0.1, -0.05) is 30.3 Å². The number of urea groups is 1. The summed E-state index contributed by atoms with van der Waals surface area (Å²) in [5.41, 5.74) is 0.729. The molecule has 7 nitrogen and oxygen atoms in total. The highest BCUT2D eigenvalue weighted by atomic mass is 16.6. The number of amides is 2. The highest BCUT2D eigenvalue weighted by Gasteiger charge is 2.37. The monoisotopic (exact) mass is 327 g/mol. The van der Waals surface area contributed by atoms with Gasteiger partial charge in [0.1, 0.15) is 5.75 Å². The van der Waals surface area contributed by atoms with E-state index in [0.29, 0.717) is 17.9 Å². The molecule has 1 aliphatic heterocycles. The van der Waals surface area contributed by atoms with E-state index in [1.807, 2.05) is 37.3 Å². The Hall–Kier alpha value is -3.09. The Morgan fingerprint density at radius 2 is 2.00 bits per heavy atom. The number of allylic oxidation sites excluding steroid dienone is 1. The second-order valence-electron chi connectivity index (χ2n) is 5.43. The van der Waals surface area contributed by atoms with Gasteiger partial charge < -0.3 is 15.4 Å². The van der Waals surface area contributed by atoms with Gasteiger partial charge in [0.2, 0.25) is 0 Å². The molecule has 7 heteroatoms. The van der Waals surface area contributed by atoms with Gasteiger partial charge in [0, 0.05) is 5.56 Å². The molecule has 24 heavy (non-hydrogen) atoms. The lowest BCUT2D eigenvalue weighted by Gasteiger charge is -2.26. The minimum absolute atomic E-state index is 0.0908. The molecule has 2 N–H and O–H groups in total. The molecule has 3 rings (SSSR count). The molecule has 0 radical (unpaired) electrons. The van der Waals surface area contributed by atoms with E-state index in [2.05, 4.69) is 10.6 Å². The van der Waals surface area contributed by atoms with E-state index in [4.69, 9.17) is 4.74 Å². The highest BCUT2D eigenvalue weighted by molar-refractivity contribution is 5.90. The Balaban J connectivity index is 2.30. The van der Waals surface area contributed by atoms with Crippen molar-refractivity contribution in [2.45, 2.75) is 19.9 Å². The van der Waals surface area contributed by atoms with Crippen molar-refractivity contribution in [3.05, 3.63) is 63.5 Å². The highest BCUT2D eigenvalue weighted by Crippen LogP contribution is 2.38. The van der Waals surface area contributed by atoms with Crippen LogP contribution in [-0.2, 0) is 0 Å². The normalized spacial score (nSPS) is 17.4. The first kappa shape index (κ1) is 15.8. The topological polar surface area (TPSA) is 93.5 Å². The fourth-order valence-electron chi connectivity index (χ4n) is 2.99. The van der Waals surface area contributed by atoms with Gasteiger partial charge in [-0.05, 0) is 30.7 Å². The predicted molar refractivity (Wildman–Crippen MR) is 89.2 cm³/mol. The van der Waals surface area contributed by atoms with Gasteiger partial charge in [-0.2, -0.15) is 0 Å². The minimum atomic E-state index is -0.888. The van der Waals surface area contributed by atoms with Gasteiger partial charge in [-0.3, -0.25) is 10.1 Å². The average Bonchev–Trinajstić information content (AvgIpc) is 2.53. The lowest BCUT2D eigenvalue weighted by atomic mass is 9.94. The molecule has 0 saturated carbocycles. The molecule has 0 bridgehead atoms. The molecular weight excluding hydrogens is 310 g/mol. The van der Waals surface area contributed by atoms with Gasteiger partial charge in [0.25, 0.3) is 5.70 Å². The number of nitrogens with zero attached hydrogens (tertiary/aromatic N) is 1. The number of fused-ring (bicyclic) bond motifs is 1. The van der Waals surface area contributed by atoms with Gasteiger partial charge in [0.15, 0.2) is 6.04 Å². The van der Waals surface area contributed by atoms with Crippen molar-refractivity contribution < 1.29 is 14.5 Å². The van der Waals surface area contributed by atoms with Crippen LogP contribution in [0, 0.1) is 10.1 Å². The van der Waals surface area contributed by atoms with Crippen molar-refractivity contribution in [1.29, 1.82) is 0 Å². The summed E-state index contributed by atoms with van der Waals surface area (Å²) in [4.78, 5) is 23.0. The molecule has 1 unspecified atom stereocenters. The standard InChI is InChI=1S/C17H17N3O4/c1-3-24-13-9-8-11-6-4-5-7-12(11)14(13)15-16(20(22)23)10(2)18-17(21)19-15/h4-9,15H,3H2,1-2H3,(H2,18,19,21). The average molecular weight is 327 g/mol. The summed E-state index contributed by atoms with van der Waals surface area (Å²) < 4.78 is 5.68. The maximum Gasteiger partial charge on any atom is 0.320 e. The lowest BCUT2D eigenvalue weighted by Crippen LogP contribution is -2.45. The van der Waals surface area contributed by atoms with Crippen LogP contribution in [0.5, 0.6) is 5.75 Å². The van der Waals surface area contributed by atoms with Crippen molar-refractivity contribution in [2.24, 2.45) is 0 Å². The van der Waals surface area contributed by atoms with Gasteiger partial charge in [0.05, 0.1) is 17.2 Å². The summed E-state index contributed by atoms with van der Waals surface area (Å²) in [6.07, 6.45) is 0. The van der Waals surface area contributed by atoms with Crippen LogP contribution in [0.25, 0.3) is 10.8 Å². The van der Waals surface area contributed by atoms with E-state index in [1.54, 1.807) is 6.07 Å². The summed E-state index contributed by atoms with van der Waals surface area (Å²) in [7, 11) is 0. The number of benzene rings is 2. The number of carbonyl (C=O) groups excluding carboxylic acids is 1. The van der Waals surface area contributed by atoms with Crippen molar-refractivity contribution >= 4 is 16.8 Å². The SMILES string of the molecule is CCOc1ccc2ccccc2c1C1NC(=O)NC(C)=C1[N+](=O)[O-]. The van der Waals surface area contributed by atoms with E-state index in [-0.39, 0.29) is 11.4 Å². The number of carbonyl (C=O) groups is 1. The number of nitro groups is 1. The summed E-state index contributed by atoms with van der Waals surface area (Å²) in [5, 5.41) is 18.4. The number of rotatable bonds is 4. The summed E-state index contributed by atoms with van der Waals surface area (Å²) >= 11 is 0. The molecule has 2 amide bonds. The molecule has 0 saturated heterocycles. The Labute approximate surface area is 138 Å². The maximum absolute atomic E-state index is 11.9. The Morgan fingerprint density at radius 3 is 2.71 bits per heavy atom. The Bertz CT molecular complexity index is 860. The molecule has 2 aromatic rings. The van der Waals surface area contributed by atoms with Crippen LogP contribution in [0.2, 0.25) is 0 Å². The van der Waals surface area contributed by atoms with Crippen molar-refractivity contribution in [1.82, 2.24) is 10.6 Å². The zero-order chi connectivity index (χ0) is 17.3. The number of hydrogen-bond acceptors (Lipinski definition) is 4. The maximum atomic E-state index is 11.9. The van der Waals surface area contributed by atoms with E-state index < -0.39 is 17.0 Å². The third-order valence-electron chi connectivity index (χ3n) is 3.95. The zero-order valence-corrected chi connectivity index (χ0v) is 13.3. The number of hydrogen-bond donors (Lipinski definition) is 2. The number of ether oxygens (including phenoxy) is 1. The van der Waals surface area contributed by atoms with Gasteiger partial charge in [-0.15, -0.1) is 0 Å². The van der Waals surface area contributed by atoms with Crippen LogP contribution < -0.4 is 15.4 Å². The van der Waals surface area contributed by atoms with Crippen LogP contribution in [0.4, 0.5) is 4.79 Å². The van der Waals surface area contributed by atoms with Crippen molar-refractivity contribution in [3.8, 4) is 5.75 Å². The molecule has 0 fully saturated rings. The molecular formula is C17H17N3O4. The van der Waals surface area contributed by atoms with E-state index in [1.165, 1.54) is 6.92 Å². The summed E-state index contributed by atoms with van der Waals surface area (Å²) in [6.45, 7) is 3.78. The van der Waals surface area contributed by atoms with Crippen LogP contribution in [-0.4, -0.2) is 17.6 Å². The molecule has 1 aliphatic rings. The fraction of sp³-hybridized carbons (Fsp3) is 0.235. The molecule has 0 aliphatic carbocycles. The first-order valence-corrected chi connectivity index (χ1v) is 7.60. The first-order valence-electron chi connectivity index (χ1n) is 7.60. The molecule has 0 aromatic heterocycles. The Kier molecular flexibility index (Phi) is 4.07. The van der Waals surface area contributed by atoms with E-state index in [0.717, 1.165) is 10.8 Å². The smallest absolute Gasteiger partial charge is 0.320 e. The van der Waals surface area contributed by atoms with Crippen molar-refractivity contribution in [2.75, 3.05) is 6.61 Å². The molecule has 0 spiro atoms. The summed E-state index contributed by atoms with van der Waals surface area (Å²) in [6, 6.07) is 9.85. The second-order valence-corrected chi connectivity index (χ2v) is 5.43. The van der Waals surface area contributed by atoms with Gasteiger partial charge >= 0.3 is 6.03 Å². The number of nitrogens with one attached hydrogen (secondary N) is 2. The van der Waals surface area contributed by atoms with Crippen molar-refractivity contribution in [3.63, 3.8) is 0 Å². The van der Waals surface area contributed by atoms with Crippen LogP contribution >= 0.6 is 0 Å². The second kappa shape index (κ2) is 6.19. The largest absolute Gasteiger partial charge is 0.493 e. The lowest BCUT2D eigenvalue weighted by molar-refractivity contribution is -0.432. The minimum Gasteiger partial charge on any atom is -0.493 e. The van der Waals surface area contributed by atoms with Crippen LogP contribution in [0.15, 0.2) is 47.8 Å². The van der Waals surface area contributed by atoms with Crippen LogP contribution in [0.3, 0.4) is 0 Å². The van der Waals surface area contributed by atoms with E-state index >= 15 is 0 Å². The van der Waals surface area contributed by atoms with Gasteiger partial charge in [-0.25, -0.2) is 4.79 Å². The molecule has 124 valence electrons. The predicted octanol–water partition coefficient (Wildman–Crippen LogP) is 3.10. The quantitative estimate of drug-likeness (QED) is 0.666. The molecule has 1 heterocycles. The Morgan fingerprint density at radius 1 is 1.25 bits per heavy atom. The van der Waals surface area contributed by atoms with E-state index in [9.17, 15) is 14.9 Å². The third-order valence-corrected chi connectivity index (χ3v) is 3.95. The zero-order valence-electron chi connectivity index (χ0n) is 13.3.